The first-order valence-corrected chi connectivity index (χ1v) is 5.90. The molecule has 0 atom stereocenters. The number of benzene rings is 1. The van der Waals surface area contributed by atoms with E-state index in [2.05, 4.69) is 34.6 Å². The molecule has 0 aliphatic rings. The van der Waals surface area contributed by atoms with Gasteiger partial charge in [-0.2, -0.15) is 4.98 Å². The highest BCUT2D eigenvalue weighted by Gasteiger charge is 2.11. The smallest absolute Gasteiger partial charge is 0.222 e. The SMILES string of the molecule is CC(C)n1ccc2c3c(N)nc(N)nc3ccc21. The van der Waals surface area contributed by atoms with E-state index in [1.165, 1.54) is 0 Å². The molecule has 0 unspecified atom stereocenters. The molecule has 0 amide bonds. The maximum atomic E-state index is 5.97. The molecule has 0 aliphatic carbocycles. The first-order chi connectivity index (χ1) is 8.58. The number of fused-ring (bicyclic) bond motifs is 3. The van der Waals surface area contributed by atoms with E-state index in [1.807, 2.05) is 18.2 Å². The number of nitrogen functional groups attached to an aromatic ring is 2. The Bertz CT molecular complexity index is 742. The van der Waals surface area contributed by atoms with Crippen LogP contribution in [0.15, 0.2) is 24.4 Å². The number of anilines is 2. The molecule has 0 fully saturated rings. The minimum Gasteiger partial charge on any atom is -0.383 e. The van der Waals surface area contributed by atoms with Crippen LogP contribution < -0.4 is 11.5 Å². The van der Waals surface area contributed by atoms with Gasteiger partial charge in [-0.05, 0) is 32.0 Å². The lowest BCUT2D eigenvalue weighted by Crippen LogP contribution is -2.01. The molecule has 1 aromatic carbocycles. The van der Waals surface area contributed by atoms with Crippen LogP contribution in [0.4, 0.5) is 11.8 Å². The van der Waals surface area contributed by atoms with Crippen LogP contribution in [0.2, 0.25) is 0 Å². The van der Waals surface area contributed by atoms with E-state index >= 15 is 0 Å². The largest absolute Gasteiger partial charge is 0.383 e. The number of rotatable bonds is 1. The predicted octanol–water partition coefficient (Wildman–Crippen LogP) is 2.33. The zero-order valence-electron chi connectivity index (χ0n) is 10.4. The van der Waals surface area contributed by atoms with Crippen LogP contribution in [-0.2, 0) is 0 Å². The number of nitrogens with two attached hydrogens (primary N) is 2. The number of aromatic nitrogens is 3. The molecule has 5 heteroatoms. The van der Waals surface area contributed by atoms with E-state index in [4.69, 9.17) is 11.5 Å². The molecular formula is C13H15N5. The Balaban J connectivity index is 2.47. The summed E-state index contributed by atoms with van der Waals surface area (Å²) in [5.74, 6) is 0.646. The topological polar surface area (TPSA) is 82.8 Å². The van der Waals surface area contributed by atoms with Gasteiger partial charge in [-0.15, -0.1) is 0 Å². The molecule has 3 rings (SSSR count). The standard InChI is InChI=1S/C13H15N5/c1-7(2)18-6-5-8-10(18)4-3-9-11(8)12(14)17-13(15)16-9/h3-7H,1-2H3,(H4,14,15,16,17). The second-order valence-electron chi connectivity index (χ2n) is 4.68. The molecule has 0 saturated heterocycles. The van der Waals surface area contributed by atoms with Crippen molar-refractivity contribution in [3.8, 4) is 0 Å². The summed E-state index contributed by atoms with van der Waals surface area (Å²) in [5, 5.41) is 1.94. The highest BCUT2D eigenvalue weighted by Crippen LogP contribution is 2.30. The Kier molecular flexibility index (Phi) is 2.16. The van der Waals surface area contributed by atoms with E-state index in [-0.39, 0.29) is 5.95 Å². The summed E-state index contributed by atoms with van der Waals surface area (Å²) in [6.45, 7) is 4.29. The summed E-state index contributed by atoms with van der Waals surface area (Å²) in [4.78, 5) is 8.26. The van der Waals surface area contributed by atoms with Crippen molar-refractivity contribution in [1.82, 2.24) is 14.5 Å². The Morgan fingerprint density at radius 2 is 1.89 bits per heavy atom. The Morgan fingerprint density at radius 3 is 2.61 bits per heavy atom. The fraction of sp³-hybridized carbons (Fsp3) is 0.231. The van der Waals surface area contributed by atoms with Gasteiger partial charge in [0.1, 0.15) is 5.82 Å². The molecule has 2 aromatic heterocycles. The minimum absolute atomic E-state index is 0.211. The molecule has 4 N–H and O–H groups in total. The molecule has 2 heterocycles. The van der Waals surface area contributed by atoms with Crippen molar-refractivity contribution in [2.75, 3.05) is 11.5 Å². The van der Waals surface area contributed by atoms with Crippen LogP contribution in [0.3, 0.4) is 0 Å². The summed E-state index contributed by atoms with van der Waals surface area (Å²) >= 11 is 0. The van der Waals surface area contributed by atoms with E-state index in [0.717, 1.165) is 21.8 Å². The van der Waals surface area contributed by atoms with Gasteiger partial charge >= 0.3 is 0 Å². The maximum absolute atomic E-state index is 5.97. The van der Waals surface area contributed by atoms with E-state index in [9.17, 15) is 0 Å². The lowest BCUT2D eigenvalue weighted by molar-refractivity contribution is 0.623. The van der Waals surface area contributed by atoms with E-state index in [1.54, 1.807) is 0 Å². The maximum Gasteiger partial charge on any atom is 0.222 e. The average Bonchev–Trinajstić information content (AvgIpc) is 2.71. The Morgan fingerprint density at radius 1 is 1.11 bits per heavy atom. The van der Waals surface area contributed by atoms with Gasteiger partial charge in [0.2, 0.25) is 5.95 Å². The van der Waals surface area contributed by atoms with Gasteiger partial charge in [-0.25, -0.2) is 4.98 Å². The van der Waals surface area contributed by atoms with Crippen LogP contribution in [0.1, 0.15) is 19.9 Å². The molecule has 18 heavy (non-hydrogen) atoms. The van der Waals surface area contributed by atoms with Gasteiger partial charge in [0.15, 0.2) is 0 Å². The molecule has 0 spiro atoms. The molecule has 5 nitrogen and oxygen atoms in total. The molecular weight excluding hydrogens is 226 g/mol. The first kappa shape index (κ1) is 10.8. The first-order valence-electron chi connectivity index (χ1n) is 5.90. The molecule has 3 aromatic rings. The summed E-state index contributed by atoms with van der Waals surface area (Å²) < 4.78 is 2.20. The zero-order valence-corrected chi connectivity index (χ0v) is 10.4. The van der Waals surface area contributed by atoms with Gasteiger partial charge < -0.3 is 16.0 Å². The van der Waals surface area contributed by atoms with Crippen molar-refractivity contribution in [2.45, 2.75) is 19.9 Å². The van der Waals surface area contributed by atoms with Gasteiger partial charge in [0.25, 0.3) is 0 Å². The molecule has 0 aliphatic heterocycles. The van der Waals surface area contributed by atoms with Crippen LogP contribution in [0.5, 0.6) is 0 Å². The van der Waals surface area contributed by atoms with Gasteiger partial charge in [0.05, 0.1) is 10.9 Å². The van der Waals surface area contributed by atoms with Crippen molar-refractivity contribution in [2.24, 2.45) is 0 Å². The summed E-state index contributed by atoms with van der Waals surface area (Å²) in [5.41, 5.74) is 13.5. The molecule has 0 radical (unpaired) electrons. The second-order valence-corrected chi connectivity index (χ2v) is 4.68. The van der Waals surface area contributed by atoms with Gasteiger partial charge in [-0.1, -0.05) is 0 Å². The normalized spacial score (nSPS) is 11.7. The third-order valence-corrected chi connectivity index (χ3v) is 3.16. The summed E-state index contributed by atoms with van der Waals surface area (Å²) in [7, 11) is 0. The summed E-state index contributed by atoms with van der Waals surface area (Å²) in [6, 6.07) is 6.43. The van der Waals surface area contributed by atoms with Crippen molar-refractivity contribution in [1.29, 1.82) is 0 Å². The summed E-state index contributed by atoms with van der Waals surface area (Å²) in [6.07, 6.45) is 2.06. The Labute approximate surface area is 104 Å². The van der Waals surface area contributed by atoms with Crippen LogP contribution >= 0.6 is 0 Å². The predicted molar refractivity (Wildman–Crippen MR) is 74.2 cm³/mol. The van der Waals surface area contributed by atoms with E-state index in [0.29, 0.717) is 11.9 Å². The fourth-order valence-electron chi connectivity index (χ4n) is 2.37. The van der Waals surface area contributed by atoms with Gasteiger partial charge in [0, 0.05) is 23.1 Å². The lowest BCUT2D eigenvalue weighted by atomic mass is 10.1. The Hall–Kier alpha value is -2.30. The highest BCUT2D eigenvalue weighted by atomic mass is 15.0. The van der Waals surface area contributed by atoms with Crippen molar-refractivity contribution in [3.63, 3.8) is 0 Å². The van der Waals surface area contributed by atoms with Crippen molar-refractivity contribution < 1.29 is 0 Å². The van der Waals surface area contributed by atoms with Crippen LogP contribution in [0.25, 0.3) is 21.8 Å². The third-order valence-electron chi connectivity index (χ3n) is 3.16. The monoisotopic (exact) mass is 241 g/mol. The van der Waals surface area contributed by atoms with Crippen molar-refractivity contribution >= 4 is 33.6 Å². The van der Waals surface area contributed by atoms with Gasteiger partial charge in [-0.3, -0.25) is 0 Å². The minimum atomic E-state index is 0.211. The molecule has 92 valence electrons. The average molecular weight is 241 g/mol. The van der Waals surface area contributed by atoms with E-state index < -0.39 is 0 Å². The number of hydrogen-bond acceptors (Lipinski definition) is 4. The number of nitrogens with zero attached hydrogens (tertiary/aromatic N) is 3. The highest BCUT2D eigenvalue weighted by molar-refractivity contribution is 6.10. The van der Waals surface area contributed by atoms with Crippen LogP contribution in [0, 0.1) is 0 Å². The van der Waals surface area contributed by atoms with Crippen LogP contribution in [-0.4, -0.2) is 14.5 Å². The molecule has 0 bridgehead atoms. The number of hydrogen-bond donors (Lipinski definition) is 2. The quantitative estimate of drug-likeness (QED) is 0.685. The van der Waals surface area contributed by atoms with Crippen molar-refractivity contribution in [3.05, 3.63) is 24.4 Å². The third kappa shape index (κ3) is 1.40. The lowest BCUT2D eigenvalue weighted by Gasteiger charge is -2.10. The zero-order chi connectivity index (χ0) is 12.9. The fourth-order valence-corrected chi connectivity index (χ4v) is 2.37. The second kappa shape index (κ2) is 3.60. The molecule has 0 saturated carbocycles.